The summed E-state index contributed by atoms with van der Waals surface area (Å²) in [5.41, 5.74) is 3.67. The summed E-state index contributed by atoms with van der Waals surface area (Å²) in [5, 5.41) is 0. The maximum absolute atomic E-state index is 5.41. The highest BCUT2D eigenvalue weighted by molar-refractivity contribution is 5.57. The van der Waals surface area contributed by atoms with E-state index < -0.39 is 0 Å². The van der Waals surface area contributed by atoms with E-state index in [4.69, 9.17) is 5.84 Å². The summed E-state index contributed by atoms with van der Waals surface area (Å²) < 4.78 is 0. The van der Waals surface area contributed by atoms with Gasteiger partial charge in [-0.25, -0.2) is 15.8 Å². The molecule has 0 amide bonds. The summed E-state index contributed by atoms with van der Waals surface area (Å²) in [6.45, 7) is 5.20. The number of nitrogens with one attached hydrogen (secondary N) is 1. The van der Waals surface area contributed by atoms with Gasteiger partial charge in [0.15, 0.2) is 0 Å². The molecular formula is C10H19N5. The molecule has 0 unspecified atom stereocenters. The van der Waals surface area contributed by atoms with Crippen molar-refractivity contribution in [2.75, 3.05) is 23.9 Å². The molecule has 3 N–H and O–H groups in total. The summed E-state index contributed by atoms with van der Waals surface area (Å²) in [6, 6.07) is 0. The first-order chi connectivity index (χ1) is 7.24. The minimum atomic E-state index is 0.713. The normalized spacial score (nSPS) is 10.1. The lowest BCUT2D eigenvalue weighted by Crippen LogP contribution is -2.22. The fourth-order valence-electron chi connectivity index (χ4n) is 1.62. The number of hydrogen-bond donors (Lipinski definition) is 2. The molecule has 0 radical (unpaired) electrons. The van der Waals surface area contributed by atoms with Crippen molar-refractivity contribution in [3.05, 3.63) is 11.9 Å². The first kappa shape index (κ1) is 11.7. The van der Waals surface area contributed by atoms with Crippen LogP contribution in [0.25, 0.3) is 0 Å². The van der Waals surface area contributed by atoms with Crippen LogP contribution in [0, 0.1) is 0 Å². The molecule has 5 nitrogen and oxygen atoms in total. The number of anilines is 2. The number of nitrogen functional groups attached to an aromatic ring is 1. The van der Waals surface area contributed by atoms with E-state index in [1.54, 1.807) is 0 Å². The third kappa shape index (κ3) is 2.56. The van der Waals surface area contributed by atoms with Crippen molar-refractivity contribution in [3.63, 3.8) is 0 Å². The van der Waals surface area contributed by atoms with E-state index in [-0.39, 0.29) is 0 Å². The van der Waals surface area contributed by atoms with E-state index in [2.05, 4.69) is 34.1 Å². The van der Waals surface area contributed by atoms with Gasteiger partial charge in [-0.1, -0.05) is 13.8 Å². The Morgan fingerprint density at radius 2 is 2.13 bits per heavy atom. The average Bonchev–Trinajstić information content (AvgIpc) is 2.28. The van der Waals surface area contributed by atoms with Crippen molar-refractivity contribution >= 4 is 11.6 Å². The monoisotopic (exact) mass is 209 g/mol. The third-order valence-electron chi connectivity index (χ3n) is 2.33. The molecule has 0 fully saturated rings. The molecule has 0 bridgehead atoms. The highest BCUT2D eigenvalue weighted by atomic mass is 15.3. The van der Waals surface area contributed by atoms with Gasteiger partial charge in [0, 0.05) is 19.2 Å². The molecule has 1 aromatic rings. The third-order valence-corrected chi connectivity index (χ3v) is 2.33. The number of nitrogens with two attached hydrogens (primary N) is 1. The molecule has 1 heterocycles. The van der Waals surface area contributed by atoms with E-state index in [1.165, 1.54) is 6.33 Å². The lowest BCUT2D eigenvalue weighted by Gasteiger charge is -2.21. The zero-order chi connectivity index (χ0) is 11.3. The summed E-state index contributed by atoms with van der Waals surface area (Å²) >= 11 is 0. The smallest absolute Gasteiger partial charge is 0.148 e. The largest absolute Gasteiger partial charge is 0.359 e. The Balaban J connectivity index is 3.05. The van der Waals surface area contributed by atoms with Crippen LogP contribution < -0.4 is 16.2 Å². The molecule has 0 atom stereocenters. The van der Waals surface area contributed by atoms with E-state index in [9.17, 15) is 0 Å². The molecular weight excluding hydrogens is 190 g/mol. The summed E-state index contributed by atoms with van der Waals surface area (Å²) in [4.78, 5) is 10.5. The standard InChI is InChI=1S/C10H19N5/c1-4-6-15(3)10-8(5-2)9(14-11)12-7-13-10/h7H,4-6,11H2,1-3H3,(H,12,13,14). The van der Waals surface area contributed by atoms with Crippen molar-refractivity contribution in [2.45, 2.75) is 26.7 Å². The van der Waals surface area contributed by atoms with Gasteiger partial charge >= 0.3 is 0 Å². The van der Waals surface area contributed by atoms with Crippen molar-refractivity contribution < 1.29 is 0 Å². The first-order valence-corrected chi connectivity index (χ1v) is 5.26. The number of hydrazine groups is 1. The fraction of sp³-hybridized carbons (Fsp3) is 0.600. The molecule has 1 aromatic heterocycles. The van der Waals surface area contributed by atoms with Gasteiger partial charge < -0.3 is 10.3 Å². The predicted octanol–water partition coefficient (Wildman–Crippen LogP) is 1.17. The Labute approximate surface area is 90.7 Å². The van der Waals surface area contributed by atoms with Crippen LogP contribution in [-0.2, 0) is 6.42 Å². The maximum atomic E-state index is 5.41. The van der Waals surface area contributed by atoms with E-state index >= 15 is 0 Å². The second kappa shape index (κ2) is 5.50. The molecule has 5 heteroatoms. The number of aromatic nitrogens is 2. The van der Waals surface area contributed by atoms with Crippen LogP contribution in [0.2, 0.25) is 0 Å². The second-order valence-electron chi connectivity index (χ2n) is 3.44. The van der Waals surface area contributed by atoms with Crippen molar-refractivity contribution in [1.29, 1.82) is 0 Å². The average molecular weight is 209 g/mol. The summed E-state index contributed by atoms with van der Waals surface area (Å²) in [7, 11) is 2.03. The van der Waals surface area contributed by atoms with Gasteiger partial charge in [0.05, 0.1) is 0 Å². The van der Waals surface area contributed by atoms with E-state index in [0.29, 0.717) is 5.82 Å². The number of nitrogens with zero attached hydrogens (tertiary/aromatic N) is 3. The zero-order valence-corrected chi connectivity index (χ0v) is 9.62. The molecule has 0 aromatic carbocycles. The molecule has 0 aliphatic rings. The van der Waals surface area contributed by atoms with Crippen LogP contribution in [0.1, 0.15) is 25.8 Å². The molecule has 0 spiro atoms. The number of hydrogen-bond acceptors (Lipinski definition) is 5. The van der Waals surface area contributed by atoms with Gasteiger partial charge in [-0.3, -0.25) is 0 Å². The molecule has 0 saturated heterocycles. The van der Waals surface area contributed by atoms with Crippen molar-refractivity contribution in [1.82, 2.24) is 9.97 Å². The second-order valence-corrected chi connectivity index (χ2v) is 3.44. The number of rotatable bonds is 5. The van der Waals surface area contributed by atoms with Crippen LogP contribution in [0.15, 0.2) is 6.33 Å². The summed E-state index contributed by atoms with van der Waals surface area (Å²) in [5.74, 6) is 7.08. The maximum Gasteiger partial charge on any atom is 0.148 e. The van der Waals surface area contributed by atoms with Gasteiger partial charge in [-0.15, -0.1) is 0 Å². The molecule has 0 aliphatic carbocycles. The van der Waals surface area contributed by atoms with Crippen LogP contribution in [-0.4, -0.2) is 23.6 Å². The fourth-order valence-corrected chi connectivity index (χ4v) is 1.62. The predicted molar refractivity (Wildman–Crippen MR) is 62.8 cm³/mol. The van der Waals surface area contributed by atoms with Crippen molar-refractivity contribution in [2.24, 2.45) is 5.84 Å². The van der Waals surface area contributed by atoms with E-state index in [0.717, 1.165) is 30.8 Å². The lowest BCUT2D eigenvalue weighted by atomic mass is 10.2. The molecule has 84 valence electrons. The van der Waals surface area contributed by atoms with Crippen LogP contribution >= 0.6 is 0 Å². The highest BCUT2D eigenvalue weighted by Crippen LogP contribution is 2.22. The molecule has 1 rings (SSSR count). The van der Waals surface area contributed by atoms with Crippen LogP contribution in [0.3, 0.4) is 0 Å². The Morgan fingerprint density at radius 1 is 1.40 bits per heavy atom. The first-order valence-electron chi connectivity index (χ1n) is 5.26. The Bertz CT molecular complexity index is 313. The molecule has 0 saturated carbocycles. The Kier molecular flexibility index (Phi) is 4.30. The zero-order valence-electron chi connectivity index (χ0n) is 9.62. The van der Waals surface area contributed by atoms with Gasteiger partial charge in [-0.05, 0) is 12.8 Å². The molecule has 0 aliphatic heterocycles. The lowest BCUT2D eigenvalue weighted by molar-refractivity contribution is 0.824. The Morgan fingerprint density at radius 3 is 2.67 bits per heavy atom. The van der Waals surface area contributed by atoms with E-state index in [1.807, 2.05) is 7.05 Å². The van der Waals surface area contributed by atoms with Gasteiger partial charge in [0.2, 0.25) is 0 Å². The van der Waals surface area contributed by atoms with Gasteiger partial charge in [0.1, 0.15) is 18.0 Å². The minimum absolute atomic E-state index is 0.713. The highest BCUT2D eigenvalue weighted by Gasteiger charge is 2.11. The topological polar surface area (TPSA) is 67.1 Å². The van der Waals surface area contributed by atoms with Crippen LogP contribution in [0.5, 0.6) is 0 Å². The van der Waals surface area contributed by atoms with Crippen molar-refractivity contribution in [3.8, 4) is 0 Å². The minimum Gasteiger partial charge on any atom is -0.359 e. The summed E-state index contributed by atoms with van der Waals surface area (Å²) in [6.07, 6.45) is 3.49. The SMILES string of the molecule is CCCN(C)c1ncnc(NN)c1CC. The molecule has 15 heavy (non-hydrogen) atoms. The quantitative estimate of drug-likeness (QED) is 0.563. The van der Waals surface area contributed by atoms with Gasteiger partial charge in [-0.2, -0.15) is 0 Å². The van der Waals surface area contributed by atoms with Gasteiger partial charge in [0.25, 0.3) is 0 Å². The Hall–Kier alpha value is -1.36. The van der Waals surface area contributed by atoms with Crippen LogP contribution in [0.4, 0.5) is 11.6 Å².